The number of Topliss-reactive ketones (excluding diaryl/α,β-unsaturated/α-hetero) is 1. The van der Waals surface area contributed by atoms with Gasteiger partial charge < -0.3 is 10.1 Å². The van der Waals surface area contributed by atoms with Gasteiger partial charge >= 0.3 is 0 Å². The second kappa shape index (κ2) is 6.39. The van der Waals surface area contributed by atoms with Crippen molar-refractivity contribution in [2.75, 3.05) is 0 Å². The summed E-state index contributed by atoms with van der Waals surface area (Å²) < 4.78 is 6.42. The van der Waals surface area contributed by atoms with Crippen molar-refractivity contribution < 1.29 is 14.3 Å². The monoisotopic (exact) mass is 341 g/mol. The van der Waals surface area contributed by atoms with Crippen LogP contribution in [0.4, 0.5) is 0 Å². The quantitative estimate of drug-likeness (QED) is 0.854. The molecule has 0 aliphatic carbocycles. The maximum atomic E-state index is 12.0. The summed E-state index contributed by atoms with van der Waals surface area (Å²) in [4.78, 5) is 23.6. The largest absolute Gasteiger partial charge is 0.480 e. The van der Waals surface area contributed by atoms with Gasteiger partial charge in [-0.3, -0.25) is 9.59 Å². The molecule has 1 atom stereocenters. The van der Waals surface area contributed by atoms with Crippen molar-refractivity contribution in [1.29, 1.82) is 0 Å². The summed E-state index contributed by atoms with van der Waals surface area (Å²) in [6.07, 6.45) is -0.679. The van der Waals surface area contributed by atoms with Gasteiger partial charge in [0.25, 0.3) is 5.91 Å². The Morgan fingerprint density at radius 2 is 1.90 bits per heavy atom. The number of rotatable bonds is 4. The van der Waals surface area contributed by atoms with Gasteiger partial charge in [0.2, 0.25) is 0 Å². The third-order valence-electron chi connectivity index (χ3n) is 2.49. The standard InChI is InChI=1S/C15H20BrNO3/c1-9(18)12-7-6-11(16)8-13(12)20-10(2)14(19)17-15(3,4)5/h6-8,10H,1-5H3,(H,17,19). The highest BCUT2D eigenvalue weighted by Gasteiger charge is 2.22. The number of halogens is 1. The molecule has 1 unspecified atom stereocenters. The Morgan fingerprint density at radius 1 is 1.30 bits per heavy atom. The van der Waals surface area contributed by atoms with E-state index >= 15 is 0 Å². The highest BCUT2D eigenvalue weighted by molar-refractivity contribution is 9.10. The van der Waals surface area contributed by atoms with E-state index in [1.54, 1.807) is 25.1 Å². The van der Waals surface area contributed by atoms with E-state index in [-0.39, 0.29) is 17.2 Å². The molecule has 110 valence electrons. The minimum absolute atomic E-state index is 0.101. The minimum Gasteiger partial charge on any atom is -0.480 e. The SMILES string of the molecule is CC(=O)c1ccc(Br)cc1OC(C)C(=O)NC(C)(C)C. The topological polar surface area (TPSA) is 55.4 Å². The Morgan fingerprint density at radius 3 is 2.40 bits per heavy atom. The van der Waals surface area contributed by atoms with Crippen LogP contribution in [0.1, 0.15) is 45.0 Å². The van der Waals surface area contributed by atoms with Gasteiger partial charge in [0.1, 0.15) is 5.75 Å². The molecule has 0 radical (unpaired) electrons. The zero-order chi connectivity index (χ0) is 15.5. The first-order valence-electron chi connectivity index (χ1n) is 6.39. The lowest BCUT2D eigenvalue weighted by molar-refractivity contribution is -0.128. The molecule has 0 aromatic heterocycles. The summed E-state index contributed by atoms with van der Waals surface area (Å²) >= 11 is 3.33. The highest BCUT2D eigenvalue weighted by atomic mass is 79.9. The van der Waals surface area contributed by atoms with Crippen molar-refractivity contribution in [1.82, 2.24) is 5.32 Å². The van der Waals surface area contributed by atoms with Gasteiger partial charge in [0.15, 0.2) is 11.9 Å². The van der Waals surface area contributed by atoms with Crippen LogP contribution in [-0.2, 0) is 4.79 Å². The summed E-state index contributed by atoms with van der Waals surface area (Å²) in [5, 5.41) is 2.84. The number of nitrogens with one attached hydrogen (secondary N) is 1. The number of carbonyl (C=O) groups is 2. The molecule has 1 N–H and O–H groups in total. The molecule has 0 heterocycles. The van der Waals surface area contributed by atoms with Crippen LogP contribution in [0.15, 0.2) is 22.7 Å². The van der Waals surface area contributed by atoms with Crippen molar-refractivity contribution in [2.24, 2.45) is 0 Å². The third-order valence-corrected chi connectivity index (χ3v) is 2.99. The first-order chi connectivity index (χ1) is 9.10. The van der Waals surface area contributed by atoms with Crippen LogP contribution in [0.2, 0.25) is 0 Å². The molecule has 1 amide bonds. The summed E-state index contributed by atoms with van der Waals surface area (Å²) in [6.45, 7) is 8.83. The molecule has 1 aromatic rings. The van der Waals surface area contributed by atoms with Crippen LogP contribution >= 0.6 is 15.9 Å². The van der Waals surface area contributed by atoms with E-state index in [1.807, 2.05) is 20.8 Å². The third kappa shape index (κ3) is 4.96. The van der Waals surface area contributed by atoms with Gasteiger partial charge in [0, 0.05) is 10.0 Å². The Bertz CT molecular complexity index is 520. The number of ketones is 1. The summed E-state index contributed by atoms with van der Waals surface area (Å²) in [6, 6.07) is 5.14. The van der Waals surface area contributed by atoms with Crippen molar-refractivity contribution in [3.05, 3.63) is 28.2 Å². The molecule has 4 nitrogen and oxygen atoms in total. The fourth-order valence-electron chi connectivity index (χ4n) is 1.60. The van der Waals surface area contributed by atoms with Crippen LogP contribution in [0.5, 0.6) is 5.75 Å². The second-order valence-corrected chi connectivity index (χ2v) is 6.61. The Balaban J connectivity index is 2.90. The predicted octanol–water partition coefficient (Wildman–Crippen LogP) is 3.33. The molecule has 0 aliphatic rings. The van der Waals surface area contributed by atoms with Gasteiger partial charge in [-0.25, -0.2) is 0 Å². The van der Waals surface area contributed by atoms with Gasteiger partial charge in [0.05, 0.1) is 5.56 Å². The lowest BCUT2D eigenvalue weighted by Crippen LogP contribution is -2.46. The van der Waals surface area contributed by atoms with Crippen LogP contribution in [0.25, 0.3) is 0 Å². The lowest BCUT2D eigenvalue weighted by Gasteiger charge is -2.24. The van der Waals surface area contributed by atoms with E-state index in [0.29, 0.717) is 11.3 Å². The molecule has 0 saturated heterocycles. The molecule has 5 heteroatoms. The molecule has 0 spiro atoms. The van der Waals surface area contributed by atoms with E-state index in [4.69, 9.17) is 4.74 Å². The molecule has 1 rings (SSSR count). The lowest BCUT2D eigenvalue weighted by atomic mass is 10.1. The molecule has 0 saturated carbocycles. The normalized spacial score (nSPS) is 12.7. The Labute approximate surface area is 128 Å². The maximum Gasteiger partial charge on any atom is 0.261 e. The first kappa shape index (κ1) is 16.7. The number of hydrogen-bond acceptors (Lipinski definition) is 3. The summed E-state index contributed by atoms with van der Waals surface area (Å²) in [5.74, 6) is 0.0892. The molecule has 1 aromatic carbocycles. The summed E-state index contributed by atoms with van der Waals surface area (Å²) in [7, 11) is 0. The van der Waals surface area contributed by atoms with E-state index < -0.39 is 6.10 Å². The van der Waals surface area contributed by atoms with E-state index in [0.717, 1.165) is 4.47 Å². The van der Waals surface area contributed by atoms with Crippen molar-refractivity contribution in [3.63, 3.8) is 0 Å². The van der Waals surface area contributed by atoms with E-state index in [2.05, 4.69) is 21.2 Å². The fourth-order valence-corrected chi connectivity index (χ4v) is 1.94. The minimum atomic E-state index is -0.679. The maximum absolute atomic E-state index is 12.0. The van der Waals surface area contributed by atoms with Gasteiger partial charge in [-0.15, -0.1) is 0 Å². The zero-order valence-electron chi connectivity index (χ0n) is 12.4. The van der Waals surface area contributed by atoms with E-state index in [9.17, 15) is 9.59 Å². The van der Waals surface area contributed by atoms with Crippen LogP contribution in [0.3, 0.4) is 0 Å². The molecular weight excluding hydrogens is 322 g/mol. The van der Waals surface area contributed by atoms with Gasteiger partial charge in [-0.05, 0) is 52.8 Å². The average Bonchev–Trinajstić information content (AvgIpc) is 2.26. The van der Waals surface area contributed by atoms with E-state index in [1.165, 1.54) is 6.92 Å². The number of carbonyl (C=O) groups excluding carboxylic acids is 2. The number of benzene rings is 1. The van der Waals surface area contributed by atoms with Crippen LogP contribution < -0.4 is 10.1 Å². The van der Waals surface area contributed by atoms with Gasteiger partial charge in [-0.2, -0.15) is 0 Å². The molecule has 0 bridgehead atoms. The predicted molar refractivity (Wildman–Crippen MR) is 82.1 cm³/mol. The van der Waals surface area contributed by atoms with Crippen molar-refractivity contribution in [3.8, 4) is 5.75 Å². The molecular formula is C15H20BrNO3. The average molecular weight is 342 g/mol. The van der Waals surface area contributed by atoms with Gasteiger partial charge in [-0.1, -0.05) is 15.9 Å². The molecule has 0 fully saturated rings. The zero-order valence-corrected chi connectivity index (χ0v) is 14.0. The Hall–Kier alpha value is -1.36. The number of amides is 1. The molecule has 20 heavy (non-hydrogen) atoms. The van der Waals surface area contributed by atoms with Crippen LogP contribution in [-0.4, -0.2) is 23.3 Å². The highest BCUT2D eigenvalue weighted by Crippen LogP contribution is 2.25. The second-order valence-electron chi connectivity index (χ2n) is 5.70. The number of hydrogen-bond donors (Lipinski definition) is 1. The van der Waals surface area contributed by atoms with Crippen molar-refractivity contribution >= 4 is 27.6 Å². The van der Waals surface area contributed by atoms with Crippen molar-refractivity contribution in [2.45, 2.75) is 46.3 Å². The Kier molecular flexibility index (Phi) is 5.34. The smallest absolute Gasteiger partial charge is 0.261 e. The fraction of sp³-hybridized carbons (Fsp3) is 0.467. The first-order valence-corrected chi connectivity index (χ1v) is 7.18. The van der Waals surface area contributed by atoms with Crippen LogP contribution in [0, 0.1) is 0 Å². The summed E-state index contributed by atoms with van der Waals surface area (Å²) in [5.41, 5.74) is 0.138. The number of ether oxygens (including phenoxy) is 1. The molecule has 0 aliphatic heterocycles.